The van der Waals surface area contributed by atoms with Crippen LogP contribution in [0.3, 0.4) is 0 Å². The lowest BCUT2D eigenvalue weighted by Gasteiger charge is -2.31. The molecule has 1 aliphatic heterocycles. The molecule has 1 heterocycles. The van der Waals surface area contributed by atoms with Crippen molar-refractivity contribution in [2.24, 2.45) is 5.41 Å². The number of phenolic OH excluding ortho intramolecular Hbond substituents is 6. The van der Waals surface area contributed by atoms with E-state index in [-0.39, 0.29) is 29.3 Å². The molecule has 0 unspecified atom stereocenters. The quantitative estimate of drug-likeness (QED) is 0.151. The Labute approximate surface area is 192 Å². The fourth-order valence-corrected chi connectivity index (χ4v) is 3.55. The van der Waals surface area contributed by atoms with E-state index in [4.69, 9.17) is 4.74 Å². The summed E-state index contributed by atoms with van der Waals surface area (Å²) < 4.78 is 5.51. The Bertz CT molecular complexity index is 1080. The Morgan fingerprint density at radius 3 is 1.94 bits per heavy atom. The number of carbonyl (C=O) groups is 2. The zero-order chi connectivity index (χ0) is 25.4. The first-order valence-corrected chi connectivity index (χ1v) is 9.92. The molecule has 0 aliphatic carbocycles. The number of ether oxygens (including phenoxy) is 1. The van der Waals surface area contributed by atoms with Gasteiger partial charge in [0.15, 0.2) is 34.5 Å². The van der Waals surface area contributed by atoms with E-state index in [1.165, 1.54) is 6.92 Å². The predicted octanol–water partition coefficient (Wildman–Crippen LogP) is -0.0524. The van der Waals surface area contributed by atoms with E-state index in [1.807, 2.05) is 0 Å². The highest BCUT2D eigenvalue weighted by Gasteiger charge is 2.47. The summed E-state index contributed by atoms with van der Waals surface area (Å²) in [5, 5.41) is 80.6. The Kier molecular flexibility index (Phi) is 6.63. The van der Waals surface area contributed by atoms with E-state index in [0.29, 0.717) is 0 Å². The highest BCUT2D eigenvalue weighted by molar-refractivity contribution is 5.95. The van der Waals surface area contributed by atoms with Gasteiger partial charge in [-0.05, 0) is 24.3 Å². The van der Waals surface area contributed by atoms with Gasteiger partial charge in [-0.2, -0.15) is 0 Å². The molecule has 13 heteroatoms. The van der Waals surface area contributed by atoms with Crippen molar-refractivity contribution < 1.29 is 55.3 Å². The van der Waals surface area contributed by atoms with Gasteiger partial charge in [0.25, 0.3) is 11.8 Å². The summed E-state index contributed by atoms with van der Waals surface area (Å²) in [6.45, 7) is 0.806. The molecule has 2 amide bonds. The summed E-state index contributed by atoms with van der Waals surface area (Å²) in [6, 6.07) is 3.58. The van der Waals surface area contributed by atoms with Gasteiger partial charge in [-0.1, -0.05) is 6.92 Å². The average Bonchev–Trinajstić information content (AvgIpc) is 3.06. The van der Waals surface area contributed by atoms with Crippen LogP contribution in [0, 0.1) is 5.41 Å². The second kappa shape index (κ2) is 9.13. The third-order valence-electron chi connectivity index (χ3n) is 5.55. The normalized spacial score (nSPS) is 21.9. The molecule has 3 rings (SSSR count). The molecule has 1 fully saturated rings. The van der Waals surface area contributed by atoms with E-state index >= 15 is 0 Å². The number of hydroxylamine groups is 2. The number of amides is 2. The summed E-state index contributed by atoms with van der Waals surface area (Å²) in [5.74, 6) is -6.28. The van der Waals surface area contributed by atoms with Gasteiger partial charge in [0.05, 0.1) is 19.3 Å². The second-order valence-corrected chi connectivity index (χ2v) is 8.25. The third-order valence-corrected chi connectivity index (χ3v) is 5.55. The summed E-state index contributed by atoms with van der Waals surface area (Å²) in [5.41, 5.74) is -1.65. The number of aromatic hydroxyl groups is 6. The van der Waals surface area contributed by atoms with Crippen LogP contribution in [0.2, 0.25) is 0 Å². The lowest BCUT2D eigenvalue weighted by atomic mass is 9.84. The maximum Gasteiger partial charge on any atom is 0.277 e. The summed E-state index contributed by atoms with van der Waals surface area (Å²) in [6.07, 6.45) is -2.18. The number of hydrogen-bond acceptors (Lipinski definition) is 11. The molecule has 0 radical (unpaired) electrons. The van der Waals surface area contributed by atoms with Gasteiger partial charge < -0.3 is 45.8 Å². The number of nitrogens with one attached hydrogen (secondary N) is 1. The molecule has 13 nitrogen and oxygen atoms in total. The number of nitrogens with zero attached hydrogens (tertiary/aromatic N) is 1. The molecule has 0 bridgehead atoms. The fraction of sp³-hybridized carbons (Fsp3) is 0.333. The third kappa shape index (κ3) is 4.71. The Balaban J connectivity index is 1.62. The van der Waals surface area contributed by atoms with Crippen molar-refractivity contribution in [1.29, 1.82) is 0 Å². The van der Waals surface area contributed by atoms with Crippen molar-refractivity contribution in [2.75, 3.05) is 19.7 Å². The summed E-state index contributed by atoms with van der Waals surface area (Å²) in [7, 11) is 0. The van der Waals surface area contributed by atoms with Crippen LogP contribution in [0.1, 0.15) is 27.6 Å². The SMILES string of the molecule is C[C@@]1(CN(O)C(=O)c2cc(O)c(O)c(O)c2)CO[C@H](CNC(=O)c2cc(O)c(O)c(O)c2)[C@H]1O. The zero-order valence-corrected chi connectivity index (χ0v) is 17.8. The lowest BCUT2D eigenvalue weighted by molar-refractivity contribution is -0.0940. The van der Waals surface area contributed by atoms with Crippen molar-refractivity contribution in [3.8, 4) is 34.5 Å². The van der Waals surface area contributed by atoms with Crippen LogP contribution in [0.15, 0.2) is 24.3 Å². The van der Waals surface area contributed by atoms with E-state index < -0.39 is 70.5 Å². The van der Waals surface area contributed by atoms with Crippen LogP contribution in [0.5, 0.6) is 34.5 Å². The summed E-state index contributed by atoms with van der Waals surface area (Å²) >= 11 is 0. The molecule has 2 aromatic rings. The number of rotatable bonds is 6. The van der Waals surface area contributed by atoms with Crippen LogP contribution in [0.4, 0.5) is 0 Å². The standard InChI is InChI=1S/C21H24N2O11/c1-21(7-23(33)20(32)10-4-13(26)17(29)14(27)5-10)8-34-15(18(21)30)6-22-19(31)9-2-11(24)16(28)12(25)3-9/h2-5,15,18,24-30,33H,6-8H2,1H3,(H,22,31)/t15-,18-,21-/m1/s1. The highest BCUT2D eigenvalue weighted by Crippen LogP contribution is 2.37. The average molecular weight is 480 g/mol. The monoisotopic (exact) mass is 480 g/mol. The molecule has 34 heavy (non-hydrogen) atoms. The molecule has 1 saturated heterocycles. The van der Waals surface area contributed by atoms with Crippen LogP contribution < -0.4 is 5.32 Å². The fourth-order valence-electron chi connectivity index (χ4n) is 3.55. The van der Waals surface area contributed by atoms with Gasteiger partial charge in [-0.25, -0.2) is 5.06 Å². The summed E-state index contributed by atoms with van der Waals surface area (Å²) in [4.78, 5) is 24.7. The molecule has 0 aromatic heterocycles. The maximum absolute atomic E-state index is 12.5. The molecule has 9 N–H and O–H groups in total. The van der Waals surface area contributed by atoms with E-state index in [2.05, 4.69) is 5.32 Å². The van der Waals surface area contributed by atoms with E-state index in [1.54, 1.807) is 0 Å². The minimum atomic E-state index is -1.25. The van der Waals surface area contributed by atoms with Gasteiger partial charge in [0.1, 0.15) is 6.10 Å². The minimum Gasteiger partial charge on any atom is -0.504 e. The first-order valence-electron chi connectivity index (χ1n) is 9.92. The zero-order valence-electron chi connectivity index (χ0n) is 17.8. The van der Waals surface area contributed by atoms with Crippen molar-refractivity contribution in [1.82, 2.24) is 10.4 Å². The van der Waals surface area contributed by atoms with Crippen molar-refractivity contribution in [3.05, 3.63) is 35.4 Å². The van der Waals surface area contributed by atoms with Gasteiger partial charge in [-0.3, -0.25) is 14.8 Å². The molecule has 184 valence electrons. The first-order chi connectivity index (χ1) is 15.8. The van der Waals surface area contributed by atoms with E-state index in [0.717, 1.165) is 24.3 Å². The van der Waals surface area contributed by atoms with Crippen LogP contribution in [-0.2, 0) is 4.74 Å². The van der Waals surface area contributed by atoms with Gasteiger partial charge >= 0.3 is 0 Å². The van der Waals surface area contributed by atoms with Gasteiger partial charge in [-0.15, -0.1) is 0 Å². The largest absolute Gasteiger partial charge is 0.504 e. The molecular formula is C21H24N2O11. The van der Waals surface area contributed by atoms with Crippen molar-refractivity contribution >= 4 is 11.8 Å². The number of benzene rings is 2. The number of carbonyl (C=O) groups excluding carboxylic acids is 2. The van der Waals surface area contributed by atoms with Crippen molar-refractivity contribution in [2.45, 2.75) is 19.1 Å². The minimum absolute atomic E-state index is 0.105. The molecular weight excluding hydrogens is 456 g/mol. The van der Waals surface area contributed by atoms with Crippen molar-refractivity contribution in [3.63, 3.8) is 0 Å². The molecule has 2 aromatic carbocycles. The Morgan fingerprint density at radius 1 is 0.971 bits per heavy atom. The first kappa shape index (κ1) is 24.7. The van der Waals surface area contributed by atoms with Crippen LogP contribution in [0.25, 0.3) is 0 Å². The predicted molar refractivity (Wildman–Crippen MR) is 112 cm³/mol. The Hall–Kier alpha value is -3.94. The number of hydrogen-bond donors (Lipinski definition) is 9. The number of phenols is 6. The second-order valence-electron chi connectivity index (χ2n) is 8.25. The Morgan fingerprint density at radius 2 is 1.44 bits per heavy atom. The smallest absolute Gasteiger partial charge is 0.277 e. The molecule has 0 saturated carbocycles. The molecule has 1 aliphatic rings. The van der Waals surface area contributed by atoms with Gasteiger partial charge in [0, 0.05) is 23.1 Å². The van der Waals surface area contributed by atoms with E-state index in [9.17, 15) is 50.5 Å². The maximum atomic E-state index is 12.5. The molecule has 3 atom stereocenters. The number of aliphatic hydroxyl groups excluding tert-OH is 1. The highest BCUT2D eigenvalue weighted by atomic mass is 16.5. The molecule has 0 spiro atoms. The van der Waals surface area contributed by atoms with Crippen LogP contribution in [-0.4, -0.2) is 89.7 Å². The topological polar surface area (TPSA) is 220 Å². The van der Waals surface area contributed by atoms with Crippen LogP contribution >= 0.6 is 0 Å². The van der Waals surface area contributed by atoms with Gasteiger partial charge in [0.2, 0.25) is 0 Å². The number of aliphatic hydroxyl groups is 1. The lowest BCUT2D eigenvalue weighted by Crippen LogP contribution is -2.47.